The molecule has 1 aliphatic heterocycles. The van der Waals surface area contributed by atoms with Crippen molar-refractivity contribution >= 4 is 23.3 Å². The molecule has 2 N–H and O–H groups in total. The Hall–Kier alpha value is -2.08. The van der Waals surface area contributed by atoms with Crippen molar-refractivity contribution < 1.29 is 19.4 Å². The summed E-state index contributed by atoms with van der Waals surface area (Å²) in [5.74, 6) is -1.03. The Labute approximate surface area is 123 Å². The number of nitrogens with zero attached hydrogens (tertiary/aromatic N) is 1. The molecule has 0 bridgehead atoms. The molecule has 0 unspecified atom stereocenters. The van der Waals surface area contributed by atoms with Gasteiger partial charge in [0.05, 0.1) is 13.2 Å². The number of carboxylic acids is 1. The molecule has 1 aromatic rings. The number of anilines is 2. The first-order chi connectivity index (χ1) is 10.1. The summed E-state index contributed by atoms with van der Waals surface area (Å²) in [6.45, 7) is 3.23. The molecule has 6 heteroatoms. The van der Waals surface area contributed by atoms with Crippen LogP contribution in [0.2, 0.25) is 0 Å². The van der Waals surface area contributed by atoms with E-state index in [1.165, 1.54) is 0 Å². The predicted molar refractivity (Wildman–Crippen MR) is 79.6 cm³/mol. The minimum absolute atomic E-state index is 0.0173. The van der Waals surface area contributed by atoms with E-state index in [2.05, 4.69) is 10.2 Å². The number of carboxylic acid groups (broad SMARTS) is 1. The van der Waals surface area contributed by atoms with Crippen LogP contribution in [0.3, 0.4) is 0 Å². The highest BCUT2D eigenvalue weighted by molar-refractivity contribution is 5.91. The Morgan fingerprint density at radius 3 is 2.43 bits per heavy atom. The Bertz CT molecular complexity index is 481. The number of rotatable bonds is 6. The number of amides is 1. The van der Waals surface area contributed by atoms with E-state index in [-0.39, 0.29) is 18.7 Å². The predicted octanol–water partition coefficient (Wildman–Crippen LogP) is 1.72. The Balaban J connectivity index is 1.81. The number of benzene rings is 1. The first-order valence-electron chi connectivity index (χ1n) is 7.09. The number of hydrogen-bond donors (Lipinski definition) is 2. The number of morpholine rings is 1. The van der Waals surface area contributed by atoms with Crippen molar-refractivity contribution in [2.75, 3.05) is 36.5 Å². The fraction of sp³-hybridized carbons (Fsp3) is 0.467. The maximum atomic E-state index is 11.6. The topological polar surface area (TPSA) is 78.9 Å². The molecule has 1 amide bonds. The molecule has 1 aromatic carbocycles. The van der Waals surface area contributed by atoms with E-state index >= 15 is 0 Å². The van der Waals surface area contributed by atoms with Gasteiger partial charge in [0, 0.05) is 37.3 Å². The lowest BCUT2D eigenvalue weighted by Gasteiger charge is -2.28. The van der Waals surface area contributed by atoms with Gasteiger partial charge >= 0.3 is 5.97 Å². The molecule has 1 saturated heterocycles. The van der Waals surface area contributed by atoms with E-state index < -0.39 is 5.97 Å². The molecule has 0 saturated carbocycles. The summed E-state index contributed by atoms with van der Waals surface area (Å²) in [7, 11) is 0. The van der Waals surface area contributed by atoms with Gasteiger partial charge in [0.2, 0.25) is 5.91 Å². The highest BCUT2D eigenvalue weighted by atomic mass is 16.5. The van der Waals surface area contributed by atoms with Crippen molar-refractivity contribution in [2.45, 2.75) is 19.3 Å². The van der Waals surface area contributed by atoms with Crippen LogP contribution in [0.15, 0.2) is 24.3 Å². The van der Waals surface area contributed by atoms with Crippen LogP contribution in [0.25, 0.3) is 0 Å². The van der Waals surface area contributed by atoms with Crippen molar-refractivity contribution in [3.63, 3.8) is 0 Å². The molecule has 114 valence electrons. The molecule has 21 heavy (non-hydrogen) atoms. The number of hydrogen-bond acceptors (Lipinski definition) is 4. The van der Waals surface area contributed by atoms with Gasteiger partial charge in [0.25, 0.3) is 0 Å². The van der Waals surface area contributed by atoms with E-state index in [9.17, 15) is 9.59 Å². The average Bonchev–Trinajstić information content (AvgIpc) is 2.48. The lowest BCUT2D eigenvalue weighted by molar-refractivity contribution is -0.137. The van der Waals surface area contributed by atoms with E-state index in [1.807, 2.05) is 24.3 Å². The SMILES string of the molecule is O=C(O)CCCC(=O)Nc1ccc(N2CCOCC2)cc1. The average molecular weight is 292 g/mol. The number of nitrogens with one attached hydrogen (secondary N) is 1. The molecule has 1 heterocycles. The summed E-state index contributed by atoms with van der Waals surface area (Å²) >= 11 is 0. The Kier molecular flexibility index (Phi) is 5.57. The van der Waals surface area contributed by atoms with Gasteiger partial charge in [0.15, 0.2) is 0 Å². The first-order valence-corrected chi connectivity index (χ1v) is 7.09. The van der Waals surface area contributed by atoms with Gasteiger partial charge in [-0.15, -0.1) is 0 Å². The van der Waals surface area contributed by atoms with E-state index in [0.717, 1.165) is 37.7 Å². The molecular weight excluding hydrogens is 272 g/mol. The minimum atomic E-state index is -0.877. The van der Waals surface area contributed by atoms with Crippen molar-refractivity contribution in [2.24, 2.45) is 0 Å². The van der Waals surface area contributed by atoms with Crippen LogP contribution < -0.4 is 10.2 Å². The van der Waals surface area contributed by atoms with Crippen LogP contribution >= 0.6 is 0 Å². The van der Waals surface area contributed by atoms with Crippen molar-refractivity contribution in [3.8, 4) is 0 Å². The Morgan fingerprint density at radius 1 is 1.14 bits per heavy atom. The zero-order valence-electron chi connectivity index (χ0n) is 11.9. The normalized spacial score (nSPS) is 14.8. The summed E-state index contributed by atoms with van der Waals surface area (Å²) in [5, 5.41) is 11.3. The minimum Gasteiger partial charge on any atom is -0.481 e. The van der Waals surface area contributed by atoms with Gasteiger partial charge in [-0.05, 0) is 30.7 Å². The summed E-state index contributed by atoms with van der Waals surface area (Å²) in [6, 6.07) is 7.66. The molecule has 0 aliphatic carbocycles. The summed E-state index contributed by atoms with van der Waals surface area (Å²) in [4.78, 5) is 24.3. The lowest BCUT2D eigenvalue weighted by Crippen LogP contribution is -2.36. The first kappa shape index (κ1) is 15.3. The second-order valence-corrected chi connectivity index (χ2v) is 4.94. The smallest absolute Gasteiger partial charge is 0.303 e. The molecule has 0 radical (unpaired) electrons. The van der Waals surface area contributed by atoms with Gasteiger partial charge in [-0.3, -0.25) is 9.59 Å². The standard InChI is InChI=1S/C15H20N2O4/c18-14(2-1-3-15(19)20)16-12-4-6-13(7-5-12)17-8-10-21-11-9-17/h4-7H,1-3,8-11H2,(H,16,18)(H,19,20). The van der Waals surface area contributed by atoms with Crippen molar-refractivity contribution in [1.29, 1.82) is 0 Å². The highest BCUT2D eigenvalue weighted by Gasteiger charge is 2.11. The fourth-order valence-corrected chi connectivity index (χ4v) is 2.20. The number of aliphatic carboxylic acids is 1. The molecule has 6 nitrogen and oxygen atoms in total. The Morgan fingerprint density at radius 2 is 1.81 bits per heavy atom. The summed E-state index contributed by atoms with van der Waals surface area (Å²) < 4.78 is 5.31. The van der Waals surface area contributed by atoms with Crippen molar-refractivity contribution in [3.05, 3.63) is 24.3 Å². The quantitative estimate of drug-likeness (QED) is 0.834. The van der Waals surface area contributed by atoms with Gasteiger partial charge < -0.3 is 20.1 Å². The van der Waals surface area contributed by atoms with Crippen LogP contribution in [-0.2, 0) is 14.3 Å². The fourth-order valence-electron chi connectivity index (χ4n) is 2.20. The molecule has 2 rings (SSSR count). The van der Waals surface area contributed by atoms with Crippen LogP contribution in [0.4, 0.5) is 11.4 Å². The lowest BCUT2D eigenvalue weighted by atomic mass is 10.2. The summed E-state index contributed by atoms with van der Waals surface area (Å²) in [5.41, 5.74) is 1.84. The van der Waals surface area contributed by atoms with E-state index in [1.54, 1.807) is 0 Å². The highest BCUT2D eigenvalue weighted by Crippen LogP contribution is 2.19. The maximum Gasteiger partial charge on any atom is 0.303 e. The molecule has 1 aliphatic rings. The molecular formula is C15H20N2O4. The van der Waals surface area contributed by atoms with Gasteiger partial charge in [-0.25, -0.2) is 0 Å². The van der Waals surface area contributed by atoms with E-state index in [4.69, 9.17) is 9.84 Å². The zero-order valence-corrected chi connectivity index (χ0v) is 11.9. The zero-order chi connectivity index (χ0) is 15.1. The molecule has 0 aromatic heterocycles. The van der Waals surface area contributed by atoms with E-state index in [0.29, 0.717) is 6.42 Å². The van der Waals surface area contributed by atoms with Crippen LogP contribution in [0.5, 0.6) is 0 Å². The monoisotopic (exact) mass is 292 g/mol. The second kappa shape index (κ2) is 7.64. The van der Waals surface area contributed by atoms with Crippen LogP contribution in [-0.4, -0.2) is 43.3 Å². The third kappa shape index (κ3) is 5.07. The molecule has 1 fully saturated rings. The van der Waals surface area contributed by atoms with Crippen LogP contribution in [0, 0.1) is 0 Å². The second-order valence-electron chi connectivity index (χ2n) is 4.94. The number of carbonyl (C=O) groups is 2. The van der Waals surface area contributed by atoms with Crippen molar-refractivity contribution in [1.82, 2.24) is 0 Å². The number of carbonyl (C=O) groups excluding carboxylic acids is 1. The number of ether oxygens (including phenoxy) is 1. The van der Waals surface area contributed by atoms with Gasteiger partial charge in [-0.1, -0.05) is 0 Å². The molecule has 0 spiro atoms. The van der Waals surface area contributed by atoms with Gasteiger partial charge in [0.1, 0.15) is 0 Å². The van der Waals surface area contributed by atoms with Gasteiger partial charge in [-0.2, -0.15) is 0 Å². The molecule has 0 atom stereocenters. The van der Waals surface area contributed by atoms with Crippen LogP contribution in [0.1, 0.15) is 19.3 Å². The third-order valence-corrected chi connectivity index (χ3v) is 3.32. The third-order valence-electron chi connectivity index (χ3n) is 3.32. The summed E-state index contributed by atoms with van der Waals surface area (Å²) in [6.07, 6.45) is 0.591. The largest absolute Gasteiger partial charge is 0.481 e. The maximum absolute atomic E-state index is 11.6.